The number of piperidine rings is 1. The number of pyridine rings is 2. The van der Waals surface area contributed by atoms with E-state index in [1.807, 2.05) is 23.5 Å². The molecule has 2 N–H and O–H groups in total. The first-order chi connectivity index (χ1) is 14.7. The van der Waals surface area contributed by atoms with E-state index in [-0.39, 0.29) is 12.1 Å². The normalized spacial score (nSPS) is 20.4. The molecule has 0 aliphatic carbocycles. The van der Waals surface area contributed by atoms with Crippen molar-refractivity contribution in [2.24, 2.45) is 5.92 Å². The molecule has 2 saturated heterocycles. The molecule has 8 nitrogen and oxygen atoms in total. The standard InChI is InChI=1S/C22H28N6O2/c1-30-14-15-4-9-28(13-15)22(29)26-16-5-10-27(11-6-16)19-3-8-23-18-12-25-21-17(20(18)19)2-7-24-21/h2-3,7-8,12,15-16H,4-6,9-11,13-14H2,1H3,(H,24,25)(H,26,29). The third-order valence-electron chi connectivity index (χ3n) is 6.41. The second-order valence-electron chi connectivity index (χ2n) is 8.36. The van der Waals surface area contributed by atoms with Gasteiger partial charge in [-0.3, -0.25) is 4.98 Å². The molecule has 5 heterocycles. The minimum Gasteiger partial charge on any atom is -0.384 e. The Morgan fingerprint density at radius 2 is 2.10 bits per heavy atom. The summed E-state index contributed by atoms with van der Waals surface area (Å²) < 4.78 is 5.24. The predicted molar refractivity (Wildman–Crippen MR) is 117 cm³/mol. The Hall–Kier alpha value is -2.87. The van der Waals surface area contributed by atoms with Crippen LogP contribution in [0.4, 0.5) is 10.5 Å². The van der Waals surface area contributed by atoms with Gasteiger partial charge >= 0.3 is 6.03 Å². The largest absolute Gasteiger partial charge is 0.384 e. The molecule has 0 aromatic carbocycles. The highest BCUT2D eigenvalue weighted by Gasteiger charge is 2.29. The van der Waals surface area contributed by atoms with Crippen LogP contribution in [0.25, 0.3) is 21.9 Å². The fourth-order valence-electron chi connectivity index (χ4n) is 4.82. The molecule has 0 radical (unpaired) electrons. The fourth-order valence-corrected chi connectivity index (χ4v) is 4.82. The van der Waals surface area contributed by atoms with Gasteiger partial charge in [-0.15, -0.1) is 0 Å². The first kappa shape index (κ1) is 19.1. The molecule has 2 aliphatic heterocycles. The van der Waals surface area contributed by atoms with Gasteiger partial charge in [0.05, 0.1) is 18.3 Å². The molecule has 30 heavy (non-hydrogen) atoms. The number of H-pyrrole nitrogens is 1. The van der Waals surface area contributed by atoms with E-state index in [2.05, 4.69) is 37.3 Å². The molecule has 0 bridgehead atoms. The van der Waals surface area contributed by atoms with E-state index in [1.165, 1.54) is 5.69 Å². The van der Waals surface area contributed by atoms with Crippen LogP contribution in [0, 0.1) is 5.92 Å². The quantitative estimate of drug-likeness (QED) is 0.693. The molecule has 2 aliphatic rings. The SMILES string of the molecule is COCC1CCN(C(=O)NC2CCN(c3ccnc4cnc5[nH]ccc5c34)CC2)C1. The minimum atomic E-state index is 0.0709. The first-order valence-electron chi connectivity index (χ1n) is 10.7. The lowest BCUT2D eigenvalue weighted by molar-refractivity contribution is 0.153. The van der Waals surface area contributed by atoms with Crippen molar-refractivity contribution in [1.29, 1.82) is 0 Å². The van der Waals surface area contributed by atoms with Gasteiger partial charge in [-0.1, -0.05) is 0 Å². The summed E-state index contributed by atoms with van der Waals surface area (Å²) >= 11 is 0. The fraction of sp³-hybridized carbons (Fsp3) is 0.500. The Morgan fingerprint density at radius 1 is 1.23 bits per heavy atom. The van der Waals surface area contributed by atoms with Gasteiger partial charge in [0, 0.05) is 74.1 Å². The number of fused-ring (bicyclic) bond motifs is 3. The van der Waals surface area contributed by atoms with Gasteiger partial charge in [0.2, 0.25) is 0 Å². The number of ether oxygens (including phenoxy) is 1. The lowest BCUT2D eigenvalue weighted by atomic mass is 10.0. The molecule has 5 rings (SSSR count). The Labute approximate surface area is 175 Å². The number of aromatic nitrogens is 3. The van der Waals surface area contributed by atoms with Gasteiger partial charge in [-0.05, 0) is 31.4 Å². The summed E-state index contributed by atoms with van der Waals surface area (Å²) in [5.74, 6) is 0.460. The summed E-state index contributed by atoms with van der Waals surface area (Å²) in [6.45, 7) is 4.16. The molecule has 2 amide bonds. The monoisotopic (exact) mass is 408 g/mol. The van der Waals surface area contributed by atoms with Crippen molar-refractivity contribution in [3.8, 4) is 0 Å². The summed E-state index contributed by atoms with van der Waals surface area (Å²) in [4.78, 5) is 29.1. The summed E-state index contributed by atoms with van der Waals surface area (Å²) in [6.07, 6.45) is 8.51. The lowest BCUT2D eigenvalue weighted by Gasteiger charge is -2.35. The zero-order valence-electron chi connectivity index (χ0n) is 17.3. The van der Waals surface area contributed by atoms with Crippen molar-refractivity contribution in [1.82, 2.24) is 25.2 Å². The van der Waals surface area contributed by atoms with Gasteiger partial charge < -0.3 is 24.8 Å². The van der Waals surface area contributed by atoms with E-state index >= 15 is 0 Å². The highest BCUT2D eigenvalue weighted by Crippen LogP contribution is 2.32. The molecule has 1 unspecified atom stereocenters. The number of rotatable bonds is 4. The number of aromatic amines is 1. The maximum atomic E-state index is 12.6. The van der Waals surface area contributed by atoms with Gasteiger partial charge in [0.15, 0.2) is 0 Å². The Kier molecular flexibility index (Phi) is 5.16. The van der Waals surface area contributed by atoms with Crippen LogP contribution in [0.15, 0.2) is 30.7 Å². The van der Waals surface area contributed by atoms with Crippen LogP contribution in [0.2, 0.25) is 0 Å². The maximum Gasteiger partial charge on any atom is 0.317 e. The molecule has 158 valence electrons. The van der Waals surface area contributed by atoms with E-state index in [0.29, 0.717) is 5.92 Å². The summed E-state index contributed by atoms with van der Waals surface area (Å²) in [5, 5.41) is 5.50. The number of carbonyl (C=O) groups excluding carboxylic acids is 1. The van der Waals surface area contributed by atoms with Crippen molar-refractivity contribution >= 4 is 33.7 Å². The van der Waals surface area contributed by atoms with E-state index < -0.39 is 0 Å². The average molecular weight is 409 g/mol. The zero-order valence-corrected chi connectivity index (χ0v) is 17.3. The minimum absolute atomic E-state index is 0.0709. The predicted octanol–water partition coefficient (Wildman–Crippen LogP) is 2.76. The number of amides is 2. The topological polar surface area (TPSA) is 86.4 Å². The number of urea groups is 1. The number of methoxy groups -OCH3 is 1. The molecule has 3 aromatic heterocycles. The van der Waals surface area contributed by atoms with Gasteiger partial charge in [0.25, 0.3) is 0 Å². The third-order valence-corrected chi connectivity index (χ3v) is 6.41. The third kappa shape index (κ3) is 3.56. The second-order valence-corrected chi connectivity index (χ2v) is 8.36. The van der Waals surface area contributed by atoms with E-state index in [1.54, 1.807) is 7.11 Å². The molecule has 2 fully saturated rings. The highest BCUT2D eigenvalue weighted by molar-refractivity contribution is 6.09. The zero-order chi connectivity index (χ0) is 20.5. The Balaban J connectivity index is 1.25. The van der Waals surface area contributed by atoms with E-state index in [9.17, 15) is 4.79 Å². The van der Waals surface area contributed by atoms with Crippen molar-refractivity contribution < 1.29 is 9.53 Å². The van der Waals surface area contributed by atoms with Crippen LogP contribution < -0.4 is 10.2 Å². The number of carbonyl (C=O) groups is 1. The number of nitrogens with zero attached hydrogens (tertiary/aromatic N) is 4. The first-order valence-corrected chi connectivity index (χ1v) is 10.7. The van der Waals surface area contributed by atoms with Crippen LogP contribution in [0.5, 0.6) is 0 Å². The number of hydrogen-bond donors (Lipinski definition) is 2. The van der Waals surface area contributed by atoms with Crippen molar-refractivity contribution in [2.75, 3.05) is 44.8 Å². The van der Waals surface area contributed by atoms with Crippen molar-refractivity contribution in [3.63, 3.8) is 0 Å². The van der Waals surface area contributed by atoms with Crippen LogP contribution in [0.1, 0.15) is 19.3 Å². The van der Waals surface area contributed by atoms with Crippen LogP contribution >= 0.6 is 0 Å². The highest BCUT2D eigenvalue weighted by atomic mass is 16.5. The van der Waals surface area contributed by atoms with E-state index in [4.69, 9.17) is 4.74 Å². The lowest BCUT2D eigenvalue weighted by Crippen LogP contribution is -2.49. The van der Waals surface area contributed by atoms with Crippen molar-refractivity contribution in [2.45, 2.75) is 25.3 Å². The molecular weight excluding hydrogens is 380 g/mol. The molecule has 0 saturated carbocycles. The molecule has 1 atom stereocenters. The molecule has 8 heteroatoms. The smallest absolute Gasteiger partial charge is 0.317 e. The van der Waals surface area contributed by atoms with Gasteiger partial charge in [-0.2, -0.15) is 0 Å². The maximum absolute atomic E-state index is 12.6. The summed E-state index contributed by atoms with van der Waals surface area (Å²) in [6, 6.07) is 4.45. The number of hydrogen-bond acceptors (Lipinski definition) is 5. The van der Waals surface area contributed by atoms with Crippen LogP contribution in [0.3, 0.4) is 0 Å². The Morgan fingerprint density at radius 3 is 2.93 bits per heavy atom. The molecular formula is C22H28N6O2. The van der Waals surface area contributed by atoms with E-state index in [0.717, 1.165) is 74.0 Å². The van der Waals surface area contributed by atoms with Crippen LogP contribution in [-0.2, 0) is 4.74 Å². The van der Waals surface area contributed by atoms with Gasteiger partial charge in [-0.25, -0.2) is 9.78 Å². The number of nitrogens with one attached hydrogen (secondary N) is 2. The summed E-state index contributed by atoms with van der Waals surface area (Å²) in [5.41, 5.74) is 2.99. The number of anilines is 1. The summed E-state index contributed by atoms with van der Waals surface area (Å²) in [7, 11) is 1.72. The average Bonchev–Trinajstić information content (AvgIpc) is 3.44. The molecule has 0 spiro atoms. The molecule has 3 aromatic rings. The van der Waals surface area contributed by atoms with Crippen LogP contribution in [-0.4, -0.2) is 71.8 Å². The second kappa shape index (κ2) is 8.10. The van der Waals surface area contributed by atoms with Gasteiger partial charge in [0.1, 0.15) is 5.65 Å². The van der Waals surface area contributed by atoms with Crippen molar-refractivity contribution in [3.05, 3.63) is 30.7 Å². The Bertz CT molecular complexity index is 1040. The number of likely N-dealkylation sites (tertiary alicyclic amines) is 1.